The number of hydrogen-bond donors (Lipinski definition) is 2. The number of carbonyl (C=O) groups excluding carboxylic acids is 3. The van der Waals surface area contributed by atoms with Gasteiger partial charge in [0.15, 0.2) is 6.61 Å². The van der Waals surface area contributed by atoms with E-state index in [1.54, 1.807) is 18.2 Å². The summed E-state index contributed by atoms with van der Waals surface area (Å²) in [4.78, 5) is 38.8. The number of piperidine rings is 1. The van der Waals surface area contributed by atoms with Crippen molar-refractivity contribution in [1.29, 1.82) is 0 Å². The summed E-state index contributed by atoms with van der Waals surface area (Å²) in [6.45, 7) is 10.0. The second kappa shape index (κ2) is 7.11. The van der Waals surface area contributed by atoms with Gasteiger partial charge in [0.2, 0.25) is 5.91 Å². The van der Waals surface area contributed by atoms with E-state index in [1.807, 2.05) is 39.5 Å². The van der Waals surface area contributed by atoms with Gasteiger partial charge < -0.3 is 20.3 Å². The van der Waals surface area contributed by atoms with Crippen LogP contribution in [0.5, 0.6) is 5.75 Å². The van der Waals surface area contributed by atoms with Crippen LogP contribution in [0.2, 0.25) is 0 Å². The fourth-order valence-electron chi connectivity index (χ4n) is 4.03. The molecule has 0 aliphatic carbocycles. The van der Waals surface area contributed by atoms with Gasteiger partial charge in [-0.25, -0.2) is 0 Å². The minimum Gasteiger partial charge on any atom is -0.483 e. The molecule has 7 heteroatoms. The van der Waals surface area contributed by atoms with Gasteiger partial charge in [0, 0.05) is 23.6 Å². The van der Waals surface area contributed by atoms with Crippen LogP contribution in [0.3, 0.4) is 0 Å². The zero-order chi connectivity index (χ0) is 20.7. The maximum atomic E-state index is 13.2. The number of benzene rings is 1. The van der Waals surface area contributed by atoms with Gasteiger partial charge in [-0.1, -0.05) is 6.07 Å². The van der Waals surface area contributed by atoms with Gasteiger partial charge in [-0.05, 0) is 53.2 Å². The maximum Gasteiger partial charge on any atom is 0.258 e. The lowest BCUT2D eigenvalue weighted by Crippen LogP contribution is -2.69. The summed E-state index contributed by atoms with van der Waals surface area (Å²) in [6.07, 6.45) is 0.983. The predicted octanol–water partition coefficient (Wildman–Crippen LogP) is 1.99. The number of ether oxygens (including phenoxy) is 1. The average Bonchev–Trinajstić information content (AvgIpc) is 2.94. The largest absolute Gasteiger partial charge is 0.483 e. The summed E-state index contributed by atoms with van der Waals surface area (Å²) >= 11 is 0. The highest BCUT2D eigenvalue weighted by Crippen LogP contribution is 2.42. The second-order valence-corrected chi connectivity index (χ2v) is 8.63. The van der Waals surface area contributed by atoms with Crippen molar-refractivity contribution in [2.75, 3.05) is 6.61 Å². The topological polar surface area (TPSA) is 87.7 Å². The normalized spacial score (nSPS) is 23.4. The summed E-state index contributed by atoms with van der Waals surface area (Å²) in [6, 6.07) is 5.38. The first kappa shape index (κ1) is 20.2. The molecule has 2 aliphatic heterocycles. The average molecular weight is 387 g/mol. The van der Waals surface area contributed by atoms with Crippen molar-refractivity contribution in [3.8, 4) is 5.75 Å². The molecular weight excluding hydrogens is 358 g/mol. The zero-order valence-electron chi connectivity index (χ0n) is 17.2. The summed E-state index contributed by atoms with van der Waals surface area (Å²) in [7, 11) is 0. The predicted molar refractivity (Wildman–Crippen MR) is 105 cm³/mol. The molecule has 1 saturated heterocycles. The Labute approximate surface area is 165 Å². The molecule has 2 N–H and O–H groups in total. The lowest BCUT2D eigenvalue weighted by Gasteiger charge is -2.53. The third kappa shape index (κ3) is 3.45. The van der Waals surface area contributed by atoms with Crippen molar-refractivity contribution in [3.05, 3.63) is 29.3 Å². The van der Waals surface area contributed by atoms with E-state index in [0.717, 1.165) is 5.56 Å². The van der Waals surface area contributed by atoms with Crippen LogP contribution in [0.15, 0.2) is 18.2 Å². The molecule has 0 spiro atoms. The Bertz CT molecular complexity index is 818. The number of fused-ring (bicyclic) bond motifs is 1. The Kier molecular flexibility index (Phi) is 5.12. The summed E-state index contributed by atoms with van der Waals surface area (Å²) in [5, 5.41) is 5.82. The number of nitrogens with zero attached hydrogens (tertiary/aromatic N) is 1. The highest BCUT2D eigenvalue weighted by Gasteiger charge is 2.53. The first-order valence-corrected chi connectivity index (χ1v) is 9.72. The first-order chi connectivity index (χ1) is 13.0. The van der Waals surface area contributed by atoms with Crippen LogP contribution in [0.25, 0.3) is 0 Å². The fraction of sp³-hybridized carbons (Fsp3) is 0.571. The van der Waals surface area contributed by atoms with Gasteiger partial charge in [-0.2, -0.15) is 0 Å². The van der Waals surface area contributed by atoms with E-state index in [-0.39, 0.29) is 30.4 Å². The van der Waals surface area contributed by atoms with Crippen LogP contribution >= 0.6 is 0 Å². The molecule has 152 valence electrons. The highest BCUT2D eigenvalue weighted by molar-refractivity contribution is 6.00. The van der Waals surface area contributed by atoms with Crippen LogP contribution in [0.4, 0.5) is 0 Å². The van der Waals surface area contributed by atoms with Crippen LogP contribution in [-0.4, -0.2) is 46.3 Å². The van der Waals surface area contributed by atoms with Crippen molar-refractivity contribution >= 4 is 17.7 Å². The van der Waals surface area contributed by atoms with Crippen LogP contribution in [-0.2, 0) is 16.1 Å². The van der Waals surface area contributed by atoms with Crippen molar-refractivity contribution < 1.29 is 19.1 Å². The number of amides is 3. The molecule has 28 heavy (non-hydrogen) atoms. The molecule has 0 bridgehead atoms. The van der Waals surface area contributed by atoms with E-state index >= 15 is 0 Å². The van der Waals surface area contributed by atoms with Crippen molar-refractivity contribution in [2.24, 2.45) is 0 Å². The molecule has 0 saturated carbocycles. The van der Waals surface area contributed by atoms with Crippen molar-refractivity contribution in [3.63, 3.8) is 0 Å². The molecule has 2 aliphatic rings. The Hall–Kier alpha value is -2.57. The smallest absolute Gasteiger partial charge is 0.258 e. The number of hydrogen-bond acceptors (Lipinski definition) is 4. The lowest BCUT2D eigenvalue weighted by atomic mass is 9.73. The maximum absolute atomic E-state index is 13.2. The Morgan fingerprint density at radius 2 is 2.00 bits per heavy atom. The number of rotatable bonds is 5. The lowest BCUT2D eigenvalue weighted by molar-refractivity contribution is -0.129. The first-order valence-electron chi connectivity index (χ1n) is 9.72. The van der Waals surface area contributed by atoms with E-state index in [2.05, 4.69) is 10.6 Å². The Morgan fingerprint density at radius 1 is 1.29 bits per heavy atom. The van der Waals surface area contributed by atoms with E-state index < -0.39 is 11.1 Å². The summed E-state index contributed by atoms with van der Waals surface area (Å²) in [5.41, 5.74) is 0.302. The van der Waals surface area contributed by atoms with Crippen LogP contribution in [0, 0.1) is 0 Å². The molecule has 0 radical (unpaired) electrons. The number of nitrogens with one attached hydrogen (secondary N) is 2. The SMILES string of the molecule is CC(C)NC(=O)COc1cccc2c1CN(C1(C)CCC(=O)NC1(C)C)C2=O. The van der Waals surface area contributed by atoms with E-state index in [0.29, 0.717) is 30.7 Å². The minimum absolute atomic E-state index is 0.00632. The van der Waals surface area contributed by atoms with Gasteiger partial charge in [0.25, 0.3) is 11.8 Å². The Morgan fingerprint density at radius 3 is 2.64 bits per heavy atom. The summed E-state index contributed by atoms with van der Waals surface area (Å²) in [5.74, 6) is 0.288. The Balaban J connectivity index is 1.83. The van der Waals surface area contributed by atoms with E-state index in [1.165, 1.54) is 0 Å². The molecule has 1 unspecified atom stereocenters. The van der Waals surface area contributed by atoms with E-state index in [4.69, 9.17) is 4.74 Å². The van der Waals surface area contributed by atoms with Gasteiger partial charge in [0.1, 0.15) is 5.75 Å². The molecule has 0 aromatic heterocycles. The van der Waals surface area contributed by atoms with Gasteiger partial charge in [-0.15, -0.1) is 0 Å². The van der Waals surface area contributed by atoms with Crippen LogP contribution in [0.1, 0.15) is 63.4 Å². The number of carbonyl (C=O) groups is 3. The molecular formula is C21H29N3O4. The molecule has 2 heterocycles. The third-order valence-electron chi connectivity index (χ3n) is 5.97. The van der Waals surface area contributed by atoms with Crippen molar-refractivity contribution in [2.45, 2.75) is 71.1 Å². The van der Waals surface area contributed by atoms with Crippen LogP contribution < -0.4 is 15.4 Å². The molecule has 1 atom stereocenters. The standard InChI is InChI=1S/C21H29N3O4/c1-13(2)22-18(26)12-28-16-8-6-7-14-15(16)11-24(19(14)27)21(5)10-9-17(25)23-20(21,3)4/h6-8,13H,9-12H2,1-5H3,(H,22,26)(H,23,25). The zero-order valence-corrected chi connectivity index (χ0v) is 17.2. The minimum atomic E-state index is -0.557. The van der Waals surface area contributed by atoms with E-state index in [9.17, 15) is 14.4 Å². The highest BCUT2D eigenvalue weighted by atomic mass is 16.5. The summed E-state index contributed by atoms with van der Waals surface area (Å²) < 4.78 is 5.74. The van der Waals surface area contributed by atoms with Gasteiger partial charge in [0.05, 0.1) is 17.6 Å². The fourth-order valence-corrected chi connectivity index (χ4v) is 4.03. The molecule has 3 amide bonds. The molecule has 1 aromatic carbocycles. The van der Waals surface area contributed by atoms with Gasteiger partial charge in [-0.3, -0.25) is 14.4 Å². The monoisotopic (exact) mass is 387 g/mol. The molecule has 7 nitrogen and oxygen atoms in total. The molecule has 3 rings (SSSR count). The molecule has 1 aromatic rings. The molecule has 1 fully saturated rings. The quantitative estimate of drug-likeness (QED) is 0.809. The van der Waals surface area contributed by atoms with Crippen molar-refractivity contribution in [1.82, 2.24) is 15.5 Å². The van der Waals surface area contributed by atoms with Gasteiger partial charge >= 0.3 is 0 Å². The third-order valence-corrected chi connectivity index (χ3v) is 5.97. The second-order valence-electron chi connectivity index (χ2n) is 8.63.